The summed E-state index contributed by atoms with van der Waals surface area (Å²) in [5, 5.41) is 5.00. The van der Waals surface area contributed by atoms with Crippen LogP contribution in [0.5, 0.6) is 0 Å². The van der Waals surface area contributed by atoms with Gasteiger partial charge in [-0.3, -0.25) is 0 Å². The lowest BCUT2D eigenvalue weighted by Crippen LogP contribution is -2.02. The van der Waals surface area contributed by atoms with Crippen molar-refractivity contribution in [1.29, 1.82) is 0 Å². The molecule has 0 spiro atoms. The third-order valence-corrected chi connectivity index (χ3v) is 7.84. The van der Waals surface area contributed by atoms with Crippen LogP contribution in [0.3, 0.4) is 0 Å². The molecule has 0 atom stereocenters. The molecular formula is C36H28O. The molecule has 1 heterocycles. The first-order valence-corrected chi connectivity index (χ1v) is 13.1. The van der Waals surface area contributed by atoms with Gasteiger partial charge in [-0.05, 0) is 100 Å². The topological polar surface area (TPSA) is 13.1 Å². The predicted octanol–water partition coefficient (Wildman–Crippen LogP) is 10.4. The molecule has 0 bridgehead atoms. The minimum absolute atomic E-state index is 0.949. The van der Waals surface area contributed by atoms with E-state index in [4.69, 9.17) is 4.42 Å². The minimum atomic E-state index is 0.949. The Morgan fingerprint density at radius 1 is 0.730 bits per heavy atom. The van der Waals surface area contributed by atoms with Crippen molar-refractivity contribution in [2.45, 2.75) is 26.7 Å². The number of aryl methyl sites for hydroxylation is 1. The Hall–Kier alpha value is -4.36. The fourth-order valence-corrected chi connectivity index (χ4v) is 6.20. The Bertz CT molecular complexity index is 1880. The third-order valence-electron chi connectivity index (χ3n) is 7.84. The molecule has 0 radical (unpaired) electrons. The Labute approximate surface area is 217 Å². The van der Waals surface area contributed by atoms with E-state index in [1.807, 2.05) is 0 Å². The fraction of sp³-hybridized carbons (Fsp3) is 0.111. The average molecular weight is 477 g/mol. The number of allylic oxidation sites excluding steroid dienone is 2. The van der Waals surface area contributed by atoms with Gasteiger partial charge < -0.3 is 4.42 Å². The second-order valence-electron chi connectivity index (χ2n) is 9.96. The number of rotatable bonds is 3. The van der Waals surface area contributed by atoms with Gasteiger partial charge >= 0.3 is 0 Å². The first-order valence-electron chi connectivity index (χ1n) is 13.1. The molecular weight excluding hydrogens is 448 g/mol. The van der Waals surface area contributed by atoms with Crippen LogP contribution in [0.2, 0.25) is 0 Å². The van der Waals surface area contributed by atoms with Gasteiger partial charge in [0.25, 0.3) is 0 Å². The fourth-order valence-electron chi connectivity index (χ4n) is 6.20. The van der Waals surface area contributed by atoms with Crippen molar-refractivity contribution in [3.05, 3.63) is 119 Å². The Kier molecular flexibility index (Phi) is 5.11. The van der Waals surface area contributed by atoms with Crippen molar-refractivity contribution in [3.63, 3.8) is 0 Å². The molecule has 0 saturated carbocycles. The van der Waals surface area contributed by atoms with E-state index in [1.54, 1.807) is 0 Å². The molecule has 1 aliphatic carbocycles. The molecule has 0 amide bonds. The SMILES string of the molecule is C/C=C\c1ccc2oc3cc(-c4c5c(c(-c6ccccc6)c6ccccc46)C=CCC5)ccc3c2c1C. The Morgan fingerprint density at radius 3 is 2.32 bits per heavy atom. The number of hydrogen-bond donors (Lipinski definition) is 0. The van der Waals surface area contributed by atoms with Gasteiger partial charge in [-0.1, -0.05) is 91.0 Å². The van der Waals surface area contributed by atoms with Crippen LogP contribution in [0.15, 0.2) is 101 Å². The molecule has 5 aromatic carbocycles. The molecule has 37 heavy (non-hydrogen) atoms. The van der Waals surface area contributed by atoms with Gasteiger partial charge in [-0.25, -0.2) is 0 Å². The van der Waals surface area contributed by atoms with Crippen LogP contribution in [0.1, 0.15) is 35.6 Å². The van der Waals surface area contributed by atoms with E-state index in [-0.39, 0.29) is 0 Å². The molecule has 7 rings (SSSR count). The minimum Gasteiger partial charge on any atom is -0.456 e. The summed E-state index contributed by atoms with van der Waals surface area (Å²) in [5.74, 6) is 0. The van der Waals surface area contributed by atoms with E-state index in [1.165, 1.54) is 66.1 Å². The van der Waals surface area contributed by atoms with E-state index >= 15 is 0 Å². The lowest BCUT2D eigenvalue weighted by atomic mass is 9.80. The van der Waals surface area contributed by atoms with E-state index in [2.05, 4.69) is 123 Å². The molecule has 6 aromatic rings. The van der Waals surface area contributed by atoms with Gasteiger partial charge in [0.15, 0.2) is 0 Å². The van der Waals surface area contributed by atoms with Crippen molar-refractivity contribution in [2.75, 3.05) is 0 Å². The quantitative estimate of drug-likeness (QED) is 0.248. The lowest BCUT2D eigenvalue weighted by molar-refractivity contribution is 0.669. The molecule has 1 aliphatic rings. The summed E-state index contributed by atoms with van der Waals surface area (Å²) in [4.78, 5) is 0. The number of fused-ring (bicyclic) bond motifs is 5. The number of hydrogen-bond acceptors (Lipinski definition) is 1. The van der Waals surface area contributed by atoms with Crippen molar-refractivity contribution in [1.82, 2.24) is 0 Å². The van der Waals surface area contributed by atoms with E-state index < -0.39 is 0 Å². The highest BCUT2D eigenvalue weighted by molar-refractivity contribution is 6.12. The van der Waals surface area contributed by atoms with Gasteiger partial charge in [0, 0.05) is 10.8 Å². The van der Waals surface area contributed by atoms with Crippen molar-refractivity contribution >= 4 is 44.9 Å². The van der Waals surface area contributed by atoms with E-state index in [0.29, 0.717) is 0 Å². The molecule has 0 saturated heterocycles. The normalized spacial score (nSPS) is 13.2. The van der Waals surface area contributed by atoms with E-state index in [9.17, 15) is 0 Å². The maximum Gasteiger partial charge on any atom is 0.136 e. The zero-order valence-corrected chi connectivity index (χ0v) is 21.2. The summed E-state index contributed by atoms with van der Waals surface area (Å²) < 4.78 is 6.44. The van der Waals surface area contributed by atoms with Crippen LogP contribution in [0.4, 0.5) is 0 Å². The van der Waals surface area contributed by atoms with Crippen molar-refractivity contribution in [2.24, 2.45) is 0 Å². The summed E-state index contributed by atoms with van der Waals surface area (Å²) in [6.07, 6.45) is 11.0. The zero-order valence-electron chi connectivity index (χ0n) is 21.2. The van der Waals surface area contributed by atoms with Crippen molar-refractivity contribution < 1.29 is 4.42 Å². The molecule has 178 valence electrons. The van der Waals surface area contributed by atoms with Gasteiger partial charge in [0.1, 0.15) is 11.2 Å². The van der Waals surface area contributed by atoms with Crippen LogP contribution in [0, 0.1) is 6.92 Å². The molecule has 1 aromatic heterocycles. The summed E-state index contributed by atoms with van der Waals surface area (Å²) in [6, 6.07) is 30.8. The summed E-state index contributed by atoms with van der Waals surface area (Å²) in [7, 11) is 0. The molecule has 0 fully saturated rings. The Balaban J connectivity index is 1.53. The van der Waals surface area contributed by atoms with E-state index in [0.717, 1.165) is 24.0 Å². The lowest BCUT2D eigenvalue weighted by Gasteiger charge is -2.23. The highest BCUT2D eigenvalue weighted by Gasteiger charge is 2.22. The molecule has 0 aliphatic heterocycles. The first kappa shape index (κ1) is 21.9. The van der Waals surface area contributed by atoms with Gasteiger partial charge in [0.05, 0.1) is 0 Å². The molecule has 1 nitrogen and oxygen atoms in total. The standard InChI is InChI=1S/C36H28O/c1-3-11-24-19-21-32-34(23(24)2)31-20-18-26(22-33(31)37-32)36-29-16-9-7-14-27(29)35(25-12-5-4-6-13-25)28-15-8-10-17-30(28)36/h3-9,11-16,18-22H,10,17H2,1-2H3/b11-3-. The summed E-state index contributed by atoms with van der Waals surface area (Å²) in [6.45, 7) is 4.26. The second-order valence-corrected chi connectivity index (χ2v) is 9.96. The van der Waals surface area contributed by atoms with Gasteiger partial charge in [-0.2, -0.15) is 0 Å². The smallest absolute Gasteiger partial charge is 0.136 e. The van der Waals surface area contributed by atoms with Crippen LogP contribution < -0.4 is 0 Å². The monoisotopic (exact) mass is 476 g/mol. The van der Waals surface area contributed by atoms with Crippen LogP contribution in [-0.4, -0.2) is 0 Å². The summed E-state index contributed by atoms with van der Waals surface area (Å²) >= 11 is 0. The molecule has 1 heteroatoms. The van der Waals surface area contributed by atoms with Gasteiger partial charge in [0.2, 0.25) is 0 Å². The highest BCUT2D eigenvalue weighted by Crippen LogP contribution is 2.45. The second kappa shape index (κ2) is 8.64. The van der Waals surface area contributed by atoms with Crippen LogP contribution in [-0.2, 0) is 6.42 Å². The average Bonchev–Trinajstić information content (AvgIpc) is 3.32. The maximum absolute atomic E-state index is 6.44. The number of furan rings is 1. The van der Waals surface area contributed by atoms with Gasteiger partial charge in [-0.15, -0.1) is 0 Å². The van der Waals surface area contributed by atoms with Crippen molar-refractivity contribution in [3.8, 4) is 22.3 Å². The Morgan fingerprint density at radius 2 is 1.51 bits per heavy atom. The third kappa shape index (κ3) is 3.38. The first-order chi connectivity index (χ1) is 18.2. The maximum atomic E-state index is 6.44. The largest absolute Gasteiger partial charge is 0.456 e. The predicted molar refractivity (Wildman–Crippen MR) is 159 cm³/mol. The van der Waals surface area contributed by atoms with Crippen LogP contribution in [0.25, 0.3) is 67.1 Å². The molecule has 0 unspecified atom stereocenters. The number of benzene rings is 5. The highest BCUT2D eigenvalue weighted by atomic mass is 16.3. The van der Waals surface area contributed by atoms with Crippen LogP contribution >= 0.6 is 0 Å². The molecule has 0 N–H and O–H groups in total. The summed E-state index contributed by atoms with van der Waals surface area (Å²) in [5.41, 5.74) is 12.4. The zero-order chi connectivity index (χ0) is 24.9.